The number of pyridine rings is 1. The Balaban J connectivity index is 2.34. The quantitative estimate of drug-likeness (QED) is 0.539. The van der Waals surface area contributed by atoms with Crippen LogP contribution in [-0.2, 0) is 10.6 Å². The highest BCUT2D eigenvalue weighted by Gasteiger charge is 1.96. The average molecular weight is 216 g/mol. The lowest BCUT2D eigenvalue weighted by Gasteiger charge is -2.05. The van der Waals surface area contributed by atoms with Crippen molar-refractivity contribution in [3.63, 3.8) is 0 Å². The molecule has 0 unspecified atom stereocenters. The summed E-state index contributed by atoms with van der Waals surface area (Å²) in [5, 5.41) is 0. The van der Waals surface area contributed by atoms with Crippen LogP contribution >= 0.6 is 11.6 Å². The van der Waals surface area contributed by atoms with Crippen molar-refractivity contribution in [1.82, 2.24) is 4.98 Å². The van der Waals surface area contributed by atoms with Gasteiger partial charge in [0.1, 0.15) is 6.61 Å². The van der Waals surface area contributed by atoms with Gasteiger partial charge in [-0.15, -0.1) is 11.6 Å². The van der Waals surface area contributed by atoms with Gasteiger partial charge in [-0.1, -0.05) is 6.07 Å². The molecule has 1 aromatic heterocycles. The fourth-order valence-corrected chi connectivity index (χ4v) is 1.11. The summed E-state index contributed by atoms with van der Waals surface area (Å²) in [6, 6.07) is 5.55. The van der Waals surface area contributed by atoms with E-state index in [2.05, 4.69) is 4.98 Å². The van der Waals surface area contributed by atoms with E-state index in [4.69, 9.17) is 21.1 Å². The Morgan fingerprint density at radius 3 is 2.93 bits per heavy atom. The van der Waals surface area contributed by atoms with Crippen molar-refractivity contribution in [2.75, 3.05) is 19.8 Å². The summed E-state index contributed by atoms with van der Waals surface area (Å²) in [6.07, 6.45) is 0. The third-order valence-corrected chi connectivity index (χ3v) is 1.87. The fraction of sp³-hybridized carbons (Fsp3) is 0.500. The van der Waals surface area contributed by atoms with Crippen LogP contribution in [0.3, 0.4) is 0 Å². The molecule has 1 heterocycles. The fourth-order valence-electron chi connectivity index (χ4n) is 0.962. The van der Waals surface area contributed by atoms with Crippen LogP contribution < -0.4 is 4.74 Å². The summed E-state index contributed by atoms with van der Waals surface area (Å²) >= 11 is 5.64. The zero-order valence-corrected chi connectivity index (χ0v) is 8.96. The Bertz CT molecular complexity index is 268. The molecule has 0 spiro atoms. The van der Waals surface area contributed by atoms with Gasteiger partial charge in [-0.3, -0.25) is 0 Å². The Hall–Kier alpha value is -0.800. The van der Waals surface area contributed by atoms with Crippen molar-refractivity contribution >= 4 is 11.6 Å². The maximum atomic E-state index is 5.64. The second-order valence-electron chi connectivity index (χ2n) is 2.65. The van der Waals surface area contributed by atoms with Gasteiger partial charge in [0.25, 0.3) is 0 Å². The Kier molecular flexibility index (Phi) is 5.33. The van der Waals surface area contributed by atoms with Gasteiger partial charge < -0.3 is 9.47 Å². The summed E-state index contributed by atoms with van der Waals surface area (Å²) in [7, 11) is 0. The van der Waals surface area contributed by atoms with E-state index >= 15 is 0 Å². The molecule has 4 heteroatoms. The van der Waals surface area contributed by atoms with Crippen LogP contribution in [0.1, 0.15) is 12.6 Å². The Labute approximate surface area is 89.0 Å². The lowest BCUT2D eigenvalue weighted by atomic mass is 10.4. The smallest absolute Gasteiger partial charge is 0.213 e. The van der Waals surface area contributed by atoms with Gasteiger partial charge in [0.2, 0.25) is 5.88 Å². The lowest BCUT2D eigenvalue weighted by molar-refractivity contribution is 0.108. The van der Waals surface area contributed by atoms with E-state index in [9.17, 15) is 0 Å². The molecule has 0 aliphatic carbocycles. The number of aromatic nitrogens is 1. The summed E-state index contributed by atoms with van der Waals surface area (Å²) in [5.41, 5.74) is 0.820. The van der Waals surface area contributed by atoms with Crippen molar-refractivity contribution in [2.24, 2.45) is 0 Å². The van der Waals surface area contributed by atoms with Gasteiger partial charge in [-0.2, -0.15) is 0 Å². The molecule has 0 atom stereocenters. The second-order valence-corrected chi connectivity index (χ2v) is 2.91. The second kappa shape index (κ2) is 6.62. The van der Waals surface area contributed by atoms with E-state index in [1.54, 1.807) is 0 Å². The third-order valence-electron chi connectivity index (χ3n) is 1.60. The molecule has 0 aliphatic heterocycles. The molecule has 3 nitrogen and oxygen atoms in total. The standard InChI is InChI=1S/C10H14ClNO2/c1-2-13-6-7-14-10-5-3-4-9(8-11)12-10/h3-5H,2,6-8H2,1H3. The number of rotatable bonds is 6. The molecular weight excluding hydrogens is 202 g/mol. The van der Waals surface area contributed by atoms with Crippen LogP contribution in [0.25, 0.3) is 0 Å². The van der Waals surface area contributed by atoms with Gasteiger partial charge in [-0.05, 0) is 13.0 Å². The van der Waals surface area contributed by atoms with Gasteiger partial charge in [0.15, 0.2) is 0 Å². The van der Waals surface area contributed by atoms with Crippen LogP contribution in [0.15, 0.2) is 18.2 Å². The first kappa shape index (κ1) is 11.3. The van der Waals surface area contributed by atoms with E-state index < -0.39 is 0 Å². The summed E-state index contributed by atoms with van der Waals surface area (Å²) in [6.45, 7) is 3.76. The molecule has 14 heavy (non-hydrogen) atoms. The summed E-state index contributed by atoms with van der Waals surface area (Å²) < 4.78 is 10.5. The highest BCUT2D eigenvalue weighted by Crippen LogP contribution is 2.08. The van der Waals surface area contributed by atoms with Gasteiger partial charge in [0, 0.05) is 12.7 Å². The van der Waals surface area contributed by atoms with Gasteiger partial charge >= 0.3 is 0 Å². The molecule has 0 bridgehead atoms. The minimum Gasteiger partial charge on any atom is -0.475 e. The van der Waals surface area contributed by atoms with Crippen LogP contribution in [0.2, 0.25) is 0 Å². The predicted molar refractivity (Wildman–Crippen MR) is 55.8 cm³/mol. The zero-order valence-electron chi connectivity index (χ0n) is 8.20. The molecule has 0 radical (unpaired) electrons. The Morgan fingerprint density at radius 1 is 1.36 bits per heavy atom. The number of halogens is 1. The van der Waals surface area contributed by atoms with Crippen molar-refractivity contribution in [3.05, 3.63) is 23.9 Å². The van der Waals surface area contributed by atoms with E-state index in [0.717, 1.165) is 5.69 Å². The van der Waals surface area contributed by atoms with Crippen LogP contribution in [0.4, 0.5) is 0 Å². The topological polar surface area (TPSA) is 31.4 Å². The van der Waals surface area contributed by atoms with Crippen molar-refractivity contribution in [1.29, 1.82) is 0 Å². The normalized spacial score (nSPS) is 10.1. The van der Waals surface area contributed by atoms with Crippen molar-refractivity contribution < 1.29 is 9.47 Å². The molecule has 0 N–H and O–H groups in total. The average Bonchev–Trinajstić information content (AvgIpc) is 2.25. The molecule has 78 valence electrons. The molecule has 1 aromatic rings. The first-order valence-corrected chi connectivity index (χ1v) is 5.12. The minimum atomic E-state index is 0.405. The number of nitrogens with zero attached hydrogens (tertiary/aromatic N) is 1. The molecule has 0 saturated carbocycles. The number of alkyl halides is 1. The molecule has 0 saturated heterocycles. The maximum Gasteiger partial charge on any atom is 0.213 e. The number of hydrogen-bond donors (Lipinski definition) is 0. The Morgan fingerprint density at radius 2 is 2.21 bits per heavy atom. The number of hydrogen-bond acceptors (Lipinski definition) is 3. The molecule has 0 aliphatic rings. The highest BCUT2D eigenvalue weighted by atomic mass is 35.5. The third kappa shape index (κ3) is 3.94. The highest BCUT2D eigenvalue weighted by molar-refractivity contribution is 6.16. The maximum absolute atomic E-state index is 5.64. The van der Waals surface area contributed by atoms with E-state index in [-0.39, 0.29) is 0 Å². The molecule has 1 rings (SSSR count). The molecule has 0 fully saturated rings. The number of ether oxygens (including phenoxy) is 2. The molecule has 0 amide bonds. The lowest BCUT2D eigenvalue weighted by Crippen LogP contribution is -2.07. The first-order valence-electron chi connectivity index (χ1n) is 4.59. The van der Waals surface area contributed by atoms with Crippen LogP contribution in [0, 0.1) is 0 Å². The van der Waals surface area contributed by atoms with E-state index in [1.165, 1.54) is 0 Å². The summed E-state index contributed by atoms with van der Waals surface area (Å²) in [5.74, 6) is 1.01. The van der Waals surface area contributed by atoms with E-state index in [0.29, 0.717) is 31.6 Å². The van der Waals surface area contributed by atoms with Crippen molar-refractivity contribution in [3.8, 4) is 5.88 Å². The van der Waals surface area contributed by atoms with Crippen LogP contribution in [0.5, 0.6) is 5.88 Å². The zero-order chi connectivity index (χ0) is 10.2. The molecule has 0 aromatic carbocycles. The van der Waals surface area contributed by atoms with Crippen molar-refractivity contribution in [2.45, 2.75) is 12.8 Å². The predicted octanol–water partition coefficient (Wildman–Crippen LogP) is 2.24. The minimum absolute atomic E-state index is 0.405. The summed E-state index contributed by atoms with van der Waals surface area (Å²) in [4.78, 5) is 4.18. The monoisotopic (exact) mass is 215 g/mol. The van der Waals surface area contributed by atoms with Gasteiger partial charge in [-0.25, -0.2) is 4.98 Å². The van der Waals surface area contributed by atoms with E-state index in [1.807, 2.05) is 25.1 Å². The van der Waals surface area contributed by atoms with Gasteiger partial charge in [0.05, 0.1) is 18.2 Å². The first-order chi connectivity index (χ1) is 6.86. The van der Waals surface area contributed by atoms with Crippen LogP contribution in [-0.4, -0.2) is 24.8 Å². The SMILES string of the molecule is CCOCCOc1cccc(CCl)n1. The largest absolute Gasteiger partial charge is 0.475 e. The molecular formula is C10H14ClNO2.